The highest BCUT2D eigenvalue weighted by Crippen LogP contribution is 2.09. The van der Waals surface area contributed by atoms with E-state index in [1.807, 2.05) is 7.05 Å². The fraction of sp³-hybridized carbons (Fsp3) is 0.857. The molecule has 0 aromatic carbocycles. The summed E-state index contributed by atoms with van der Waals surface area (Å²) in [5, 5.41) is 6.54. The van der Waals surface area contributed by atoms with E-state index < -0.39 is 0 Å². The van der Waals surface area contributed by atoms with Gasteiger partial charge in [0, 0.05) is 18.8 Å². The van der Waals surface area contributed by atoms with E-state index in [0.717, 1.165) is 6.42 Å². The van der Waals surface area contributed by atoms with E-state index in [1.54, 1.807) is 0 Å². The van der Waals surface area contributed by atoms with E-state index in [2.05, 4.69) is 31.1 Å². The van der Waals surface area contributed by atoms with E-state index in [4.69, 9.17) is 0 Å². The van der Waals surface area contributed by atoms with Crippen LogP contribution in [0.5, 0.6) is 0 Å². The summed E-state index contributed by atoms with van der Waals surface area (Å²) in [5.41, 5.74) is 1.17. The first-order valence-electron chi connectivity index (χ1n) is 6.75. The van der Waals surface area contributed by atoms with Crippen molar-refractivity contribution in [2.45, 2.75) is 64.8 Å². The second-order valence-electron chi connectivity index (χ2n) is 4.83. The second kappa shape index (κ2) is 11.0. The smallest absolute Gasteiger partial charge is 0.00310 e. The van der Waals surface area contributed by atoms with Gasteiger partial charge in [0.15, 0.2) is 0 Å². The molecule has 0 atom stereocenters. The van der Waals surface area contributed by atoms with E-state index in [0.29, 0.717) is 6.04 Å². The van der Waals surface area contributed by atoms with Crippen molar-refractivity contribution in [3.8, 4) is 0 Å². The first-order valence-corrected chi connectivity index (χ1v) is 6.75. The lowest BCUT2D eigenvalue weighted by atomic mass is 10.1. The molecule has 0 heterocycles. The Labute approximate surface area is 102 Å². The predicted octanol–water partition coefficient (Wildman–Crippen LogP) is 3.45. The number of hydrogen-bond donors (Lipinski definition) is 2. The normalized spacial score (nSPS) is 10.8. The van der Waals surface area contributed by atoms with E-state index >= 15 is 0 Å². The van der Waals surface area contributed by atoms with Crippen molar-refractivity contribution in [1.82, 2.24) is 10.6 Å². The molecular formula is C14H30N2. The average Bonchev–Trinajstić information content (AvgIpc) is 2.26. The van der Waals surface area contributed by atoms with Gasteiger partial charge in [0.2, 0.25) is 0 Å². The average molecular weight is 226 g/mol. The van der Waals surface area contributed by atoms with Gasteiger partial charge in [-0.15, -0.1) is 0 Å². The molecule has 0 rings (SSSR count). The maximum Gasteiger partial charge on any atom is 0.00310 e. The summed E-state index contributed by atoms with van der Waals surface area (Å²) in [6, 6.07) is 0.632. The van der Waals surface area contributed by atoms with E-state index in [1.165, 1.54) is 50.8 Å². The van der Waals surface area contributed by atoms with Gasteiger partial charge in [-0.25, -0.2) is 0 Å². The molecule has 0 fully saturated rings. The lowest BCUT2D eigenvalue weighted by molar-refractivity contribution is 0.531. The Balaban J connectivity index is 3.01. The summed E-state index contributed by atoms with van der Waals surface area (Å²) >= 11 is 0. The fourth-order valence-corrected chi connectivity index (χ4v) is 1.69. The molecule has 0 saturated carbocycles. The maximum atomic E-state index is 3.93. The summed E-state index contributed by atoms with van der Waals surface area (Å²) in [6.07, 6.45) is 9.20. The molecule has 2 heteroatoms. The van der Waals surface area contributed by atoms with Crippen molar-refractivity contribution in [1.29, 1.82) is 0 Å². The van der Waals surface area contributed by atoms with Crippen molar-refractivity contribution in [3.05, 3.63) is 12.3 Å². The molecule has 0 radical (unpaired) electrons. The molecule has 16 heavy (non-hydrogen) atoms. The number of nitrogens with one attached hydrogen (secondary N) is 2. The van der Waals surface area contributed by atoms with Crippen molar-refractivity contribution < 1.29 is 0 Å². The SMILES string of the molecule is C=C(CCCCCCCCNC(C)C)NC. The quantitative estimate of drug-likeness (QED) is 0.527. The molecule has 0 aromatic rings. The number of rotatable bonds is 11. The Kier molecular flexibility index (Phi) is 10.7. The van der Waals surface area contributed by atoms with Crippen LogP contribution in [0.1, 0.15) is 58.8 Å². The van der Waals surface area contributed by atoms with Crippen LogP contribution in [0.15, 0.2) is 12.3 Å². The first-order chi connectivity index (χ1) is 7.66. The summed E-state index contributed by atoms with van der Waals surface area (Å²) in [5.74, 6) is 0. The topological polar surface area (TPSA) is 24.1 Å². The minimum atomic E-state index is 0.632. The standard InChI is InChI=1S/C14H30N2/c1-13(2)16-12-10-8-6-5-7-9-11-14(3)15-4/h13,15-16H,3,5-12H2,1-2,4H3. The lowest BCUT2D eigenvalue weighted by Crippen LogP contribution is -2.23. The minimum Gasteiger partial charge on any atom is -0.392 e. The van der Waals surface area contributed by atoms with Crippen LogP contribution in [-0.2, 0) is 0 Å². The zero-order valence-corrected chi connectivity index (χ0v) is 11.4. The van der Waals surface area contributed by atoms with Gasteiger partial charge in [-0.3, -0.25) is 0 Å². The van der Waals surface area contributed by atoms with Crippen LogP contribution in [0.4, 0.5) is 0 Å². The van der Waals surface area contributed by atoms with Gasteiger partial charge in [-0.2, -0.15) is 0 Å². The van der Waals surface area contributed by atoms with Crippen LogP contribution >= 0.6 is 0 Å². The Morgan fingerprint density at radius 2 is 1.56 bits per heavy atom. The van der Waals surface area contributed by atoms with Crippen molar-refractivity contribution >= 4 is 0 Å². The van der Waals surface area contributed by atoms with Crippen molar-refractivity contribution in [2.24, 2.45) is 0 Å². The van der Waals surface area contributed by atoms with Crippen LogP contribution < -0.4 is 10.6 Å². The molecule has 0 aromatic heterocycles. The third kappa shape index (κ3) is 11.6. The van der Waals surface area contributed by atoms with Gasteiger partial charge < -0.3 is 10.6 Å². The molecule has 0 saturated heterocycles. The highest BCUT2D eigenvalue weighted by Gasteiger charge is 1.94. The van der Waals surface area contributed by atoms with Crippen LogP contribution in [0.3, 0.4) is 0 Å². The largest absolute Gasteiger partial charge is 0.392 e. The lowest BCUT2D eigenvalue weighted by Gasteiger charge is -2.07. The molecule has 0 aliphatic carbocycles. The molecule has 0 aliphatic heterocycles. The first kappa shape index (κ1) is 15.5. The third-order valence-corrected chi connectivity index (χ3v) is 2.81. The molecular weight excluding hydrogens is 196 g/mol. The summed E-state index contributed by atoms with van der Waals surface area (Å²) < 4.78 is 0. The number of hydrogen-bond acceptors (Lipinski definition) is 2. The Morgan fingerprint density at radius 3 is 2.12 bits per heavy atom. The fourth-order valence-electron chi connectivity index (χ4n) is 1.69. The molecule has 0 amide bonds. The van der Waals surface area contributed by atoms with Crippen LogP contribution in [0.2, 0.25) is 0 Å². The van der Waals surface area contributed by atoms with E-state index in [-0.39, 0.29) is 0 Å². The van der Waals surface area contributed by atoms with Gasteiger partial charge in [0.05, 0.1) is 0 Å². The zero-order chi connectivity index (χ0) is 12.2. The van der Waals surface area contributed by atoms with Crippen molar-refractivity contribution in [3.63, 3.8) is 0 Å². The highest BCUT2D eigenvalue weighted by molar-refractivity contribution is 4.88. The van der Waals surface area contributed by atoms with Gasteiger partial charge in [0.1, 0.15) is 0 Å². The van der Waals surface area contributed by atoms with Gasteiger partial charge >= 0.3 is 0 Å². The summed E-state index contributed by atoms with van der Waals surface area (Å²) in [7, 11) is 1.95. The number of allylic oxidation sites excluding steroid dienone is 1. The number of unbranched alkanes of at least 4 members (excludes halogenated alkanes) is 5. The Bertz CT molecular complexity index is 164. The van der Waals surface area contributed by atoms with E-state index in [9.17, 15) is 0 Å². The monoisotopic (exact) mass is 226 g/mol. The minimum absolute atomic E-state index is 0.632. The Morgan fingerprint density at radius 1 is 1.00 bits per heavy atom. The van der Waals surface area contributed by atoms with Gasteiger partial charge in [0.25, 0.3) is 0 Å². The van der Waals surface area contributed by atoms with Crippen LogP contribution in [-0.4, -0.2) is 19.6 Å². The van der Waals surface area contributed by atoms with Gasteiger partial charge in [-0.05, 0) is 25.8 Å². The van der Waals surface area contributed by atoms with Crippen LogP contribution in [0, 0.1) is 0 Å². The molecule has 0 spiro atoms. The summed E-state index contributed by atoms with van der Waals surface area (Å²) in [6.45, 7) is 9.51. The van der Waals surface area contributed by atoms with Crippen molar-refractivity contribution in [2.75, 3.05) is 13.6 Å². The van der Waals surface area contributed by atoms with Crippen LogP contribution in [0.25, 0.3) is 0 Å². The zero-order valence-electron chi connectivity index (χ0n) is 11.4. The molecule has 0 bridgehead atoms. The molecule has 0 unspecified atom stereocenters. The highest BCUT2D eigenvalue weighted by atomic mass is 14.9. The van der Waals surface area contributed by atoms with Gasteiger partial charge in [-0.1, -0.05) is 46.1 Å². The second-order valence-corrected chi connectivity index (χ2v) is 4.83. The molecule has 2 N–H and O–H groups in total. The summed E-state index contributed by atoms with van der Waals surface area (Å²) in [4.78, 5) is 0. The molecule has 2 nitrogen and oxygen atoms in total. The Hall–Kier alpha value is -0.500. The maximum absolute atomic E-state index is 3.93. The third-order valence-electron chi connectivity index (χ3n) is 2.81. The predicted molar refractivity (Wildman–Crippen MR) is 73.7 cm³/mol. The molecule has 0 aliphatic rings. The molecule has 96 valence electrons.